The fraction of sp³-hybridized carbons (Fsp3) is 0.417. The maximum absolute atomic E-state index is 11.8. The molecule has 0 fully saturated rings. The summed E-state index contributed by atoms with van der Waals surface area (Å²) in [6.07, 6.45) is 2.67. The summed E-state index contributed by atoms with van der Waals surface area (Å²) in [6, 6.07) is 4.75. The van der Waals surface area contributed by atoms with E-state index in [1.165, 1.54) is 0 Å². The van der Waals surface area contributed by atoms with E-state index in [2.05, 4.69) is 28.2 Å². The van der Waals surface area contributed by atoms with E-state index in [4.69, 9.17) is 17.3 Å². The minimum Gasteiger partial charge on any atom is -0.324 e. The van der Waals surface area contributed by atoms with Crippen molar-refractivity contribution in [1.29, 1.82) is 0 Å². The number of nitrogens with one attached hydrogen (secondary N) is 1. The van der Waals surface area contributed by atoms with E-state index in [-0.39, 0.29) is 5.91 Å². The van der Waals surface area contributed by atoms with Crippen molar-refractivity contribution in [3.05, 3.63) is 27.7 Å². The maximum atomic E-state index is 11.8. The van der Waals surface area contributed by atoms with Crippen LogP contribution in [0.4, 0.5) is 5.69 Å². The van der Waals surface area contributed by atoms with E-state index < -0.39 is 6.04 Å². The molecule has 1 amide bonds. The number of unbranched alkanes of at least 4 members (excludes halogenated alkanes) is 1. The fourth-order valence-electron chi connectivity index (χ4n) is 1.37. The second-order valence-electron chi connectivity index (χ2n) is 3.86. The number of carbonyl (C=O) groups is 1. The largest absolute Gasteiger partial charge is 0.324 e. The molecular formula is C12H16BrClN2O. The Bertz CT molecular complexity index is 398. The van der Waals surface area contributed by atoms with Crippen LogP contribution >= 0.6 is 27.5 Å². The third-order valence-electron chi connectivity index (χ3n) is 2.39. The quantitative estimate of drug-likeness (QED) is 0.872. The van der Waals surface area contributed by atoms with Gasteiger partial charge in [0.1, 0.15) is 0 Å². The standard InChI is InChI=1S/C12H16BrClN2O/c1-2-3-4-10(15)12(17)16-11-7-8(14)5-6-9(11)13/h5-7,10H,2-4,15H2,1H3,(H,16,17). The van der Waals surface area contributed by atoms with Gasteiger partial charge in [-0.3, -0.25) is 4.79 Å². The molecule has 5 heteroatoms. The molecule has 3 nitrogen and oxygen atoms in total. The Kier molecular flexibility index (Phi) is 5.95. The van der Waals surface area contributed by atoms with Crippen LogP contribution in [0.15, 0.2) is 22.7 Å². The van der Waals surface area contributed by atoms with Crippen LogP contribution < -0.4 is 11.1 Å². The molecule has 1 aromatic rings. The summed E-state index contributed by atoms with van der Waals surface area (Å²) in [4.78, 5) is 11.8. The first-order chi connectivity index (χ1) is 8.04. The number of halogens is 2. The van der Waals surface area contributed by atoms with E-state index in [0.717, 1.165) is 17.3 Å². The number of rotatable bonds is 5. The first-order valence-electron chi connectivity index (χ1n) is 5.56. The lowest BCUT2D eigenvalue weighted by atomic mass is 10.1. The molecule has 0 saturated heterocycles. The summed E-state index contributed by atoms with van der Waals surface area (Å²) in [5.74, 6) is -0.179. The predicted octanol–water partition coefficient (Wildman–Crippen LogP) is 3.56. The second kappa shape index (κ2) is 6.99. The van der Waals surface area contributed by atoms with E-state index in [1.54, 1.807) is 18.2 Å². The molecular weight excluding hydrogens is 304 g/mol. The lowest BCUT2D eigenvalue weighted by Gasteiger charge is -2.13. The van der Waals surface area contributed by atoms with E-state index in [0.29, 0.717) is 17.1 Å². The molecule has 0 saturated carbocycles. The van der Waals surface area contributed by atoms with Gasteiger partial charge in [0.2, 0.25) is 5.91 Å². The van der Waals surface area contributed by atoms with Crippen LogP contribution in [0, 0.1) is 0 Å². The number of nitrogens with two attached hydrogens (primary N) is 1. The topological polar surface area (TPSA) is 55.1 Å². The third-order valence-corrected chi connectivity index (χ3v) is 3.32. The highest BCUT2D eigenvalue weighted by Gasteiger charge is 2.14. The summed E-state index contributed by atoms with van der Waals surface area (Å²) in [7, 11) is 0. The van der Waals surface area contributed by atoms with E-state index in [1.807, 2.05) is 0 Å². The number of carbonyl (C=O) groups excluding carboxylic acids is 1. The Morgan fingerprint density at radius 2 is 2.29 bits per heavy atom. The van der Waals surface area contributed by atoms with Gasteiger partial charge in [0.25, 0.3) is 0 Å². The highest BCUT2D eigenvalue weighted by molar-refractivity contribution is 9.10. The van der Waals surface area contributed by atoms with Crippen LogP contribution in [0.1, 0.15) is 26.2 Å². The predicted molar refractivity (Wildman–Crippen MR) is 75.3 cm³/mol. The van der Waals surface area contributed by atoms with Gasteiger partial charge in [-0.05, 0) is 40.5 Å². The van der Waals surface area contributed by atoms with Crippen molar-refractivity contribution >= 4 is 39.1 Å². The number of anilines is 1. The summed E-state index contributed by atoms with van der Waals surface area (Å²) >= 11 is 9.21. The van der Waals surface area contributed by atoms with Gasteiger partial charge in [-0.1, -0.05) is 31.4 Å². The lowest BCUT2D eigenvalue weighted by molar-refractivity contribution is -0.117. The number of hydrogen-bond donors (Lipinski definition) is 2. The van der Waals surface area contributed by atoms with E-state index in [9.17, 15) is 4.79 Å². The van der Waals surface area contributed by atoms with Crippen molar-refractivity contribution < 1.29 is 4.79 Å². The van der Waals surface area contributed by atoms with Gasteiger partial charge in [-0.15, -0.1) is 0 Å². The molecule has 1 unspecified atom stereocenters. The summed E-state index contributed by atoms with van der Waals surface area (Å²) in [5.41, 5.74) is 6.43. The minimum absolute atomic E-state index is 0.179. The van der Waals surface area contributed by atoms with Crippen molar-refractivity contribution in [2.24, 2.45) is 5.73 Å². The zero-order valence-corrected chi connectivity index (χ0v) is 12.0. The van der Waals surface area contributed by atoms with Crippen molar-refractivity contribution in [1.82, 2.24) is 0 Å². The Morgan fingerprint density at radius 1 is 1.59 bits per heavy atom. The molecule has 0 aliphatic carbocycles. The average molecular weight is 320 g/mol. The molecule has 3 N–H and O–H groups in total. The highest BCUT2D eigenvalue weighted by Crippen LogP contribution is 2.26. The van der Waals surface area contributed by atoms with Crippen LogP contribution in [0.3, 0.4) is 0 Å². The molecule has 94 valence electrons. The molecule has 1 atom stereocenters. The van der Waals surface area contributed by atoms with Crippen molar-refractivity contribution in [3.8, 4) is 0 Å². The first-order valence-corrected chi connectivity index (χ1v) is 6.73. The van der Waals surface area contributed by atoms with Crippen molar-refractivity contribution in [2.45, 2.75) is 32.2 Å². The van der Waals surface area contributed by atoms with Gasteiger partial charge in [0, 0.05) is 9.50 Å². The monoisotopic (exact) mass is 318 g/mol. The summed E-state index contributed by atoms with van der Waals surface area (Å²) in [6.45, 7) is 2.07. The van der Waals surface area contributed by atoms with Crippen LogP contribution in [0.5, 0.6) is 0 Å². The molecule has 1 aromatic carbocycles. The van der Waals surface area contributed by atoms with Gasteiger partial charge in [0.05, 0.1) is 11.7 Å². The van der Waals surface area contributed by atoms with Gasteiger partial charge in [0.15, 0.2) is 0 Å². The zero-order chi connectivity index (χ0) is 12.8. The Hall–Kier alpha value is -0.580. The molecule has 0 aliphatic rings. The smallest absolute Gasteiger partial charge is 0.241 e. The van der Waals surface area contributed by atoms with Crippen LogP contribution in [0.25, 0.3) is 0 Å². The average Bonchev–Trinajstić information content (AvgIpc) is 2.30. The Labute approximate surface area is 115 Å². The van der Waals surface area contributed by atoms with Gasteiger partial charge in [-0.2, -0.15) is 0 Å². The molecule has 0 spiro atoms. The zero-order valence-electron chi connectivity index (χ0n) is 9.67. The summed E-state index contributed by atoms with van der Waals surface area (Å²) in [5, 5.41) is 3.34. The molecule has 17 heavy (non-hydrogen) atoms. The molecule has 1 rings (SSSR count). The van der Waals surface area contributed by atoms with Gasteiger partial charge in [-0.25, -0.2) is 0 Å². The minimum atomic E-state index is -0.471. The van der Waals surface area contributed by atoms with Crippen molar-refractivity contribution in [3.63, 3.8) is 0 Å². The third kappa shape index (κ3) is 4.66. The lowest BCUT2D eigenvalue weighted by Crippen LogP contribution is -2.35. The second-order valence-corrected chi connectivity index (χ2v) is 5.15. The van der Waals surface area contributed by atoms with Crippen molar-refractivity contribution in [2.75, 3.05) is 5.32 Å². The number of hydrogen-bond acceptors (Lipinski definition) is 2. The maximum Gasteiger partial charge on any atom is 0.241 e. The number of amides is 1. The summed E-state index contributed by atoms with van der Waals surface area (Å²) < 4.78 is 0.790. The molecule has 0 heterocycles. The SMILES string of the molecule is CCCCC(N)C(=O)Nc1cc(Cl)ccc1Br. The molecule has 0 aliphatic heterocycles. The van der Waals surface area contributed by atoms with Gasteiger partial charge >= 0.3 is 0 Å². The normalized spacial score (nSPS) is 12.2. The van der Waals surface area contributed by atoms with Crippen LogP contribution in [-0.4, -0.2) is 11.9 Å². The van der Waals surface area contributed by atoms with Crippen LogP contribution in [0.2, 0.25) is 5.02 Å². The molecule has 0 aromatic heterocycles. The fourth-order valence-corrected chi connectivity index (χ4v) is 1.89. The molecule has 0 bridgehead atoms. The first kappa shape index (κ1) is 14.5. The Morgan fingerprint density at radius 3 is 2.94 bits per heavy atom. The van der Waals surface area contributed by atoms with E-state index >= 15 is 0 Å². The van der Waals surface area contributed by atoms with Gasteiger partial charge < -0.3 is 11.1 Å². The number of benzene rings is 1. The highest BCUT2D eigenvalue weighted by atomic mass is 79.9. The van der Waals surface area contributed by atoms with Crippen LogP contribution in [-0.2, 0) is 4.79 Å². The molecule has 0 radical (unpaired) electrons. The Balaban J connectivity index is 2.64.